The summed E-state index contributed by atoms with van der Waals surface area (Å²) in [7, 11) is 0. The second kappa shape index (κ2) is 7.60. The highest BCUT2D eigenvalue weighted by Gasteiger charge is 2.37. The van der Waals surface area contributed by atoms with E-state index in [0.29, 0.717) is 24.4 Å². The van der Waals surface area contributed by atoms with E-state index in [1.165, 1.54) is 0 Å². The van der Waals surface area contributed by atoms with Crippen LogP contribution in [0.5, 0.6) is 5.75 Å². The Balaban J connectivity index is 1.76. The Labute approximate surface area is 154 Å². The standard InChI is InChI=1S/C21H24N2O3/c1-4-26-17-11-9-16(10-12-17)22-20(24)19(14(2)3)23-13-15-7-5-6-8-18(15)21(23)25/h5-12,14,19H,4,13H2,1-3H3,(H,22,24). The number of rotatable bonds is 6. The summed E-state index contributed by atoms with van der Waals surface area (Å²) in [6.07, 6.45) is 0. The smallest absolute Gasteiger partial charge is 0.255 e. The van der Waals surface area contributed by atoms with Crippen LogP contribution in [0.1, 0.15) is 36.7 Å². The van der Waals surface area contributed by atoms with Crippen LogP contribution in [-0.4, -0.2) is 29.4 Å². The predicted molar refractivity (Wildman–Crippen MR) is 101 cm³/mol. The SMILES string of the molecule is CCOc1ccc(NC(=O)C(C(C)C)N2Cc3ccccc3C2=O)cc1. The molecule has 0 aromatic heterocycles. The van der Waals surface area contributed by atoms with E-state index in [4.69, 9.17) is 4.74 Å². The first kappa shape index (κ1) is 18.0. The minimum atomic E-state index is -0.526. The average Bonchev–Trinajstić information content (AvgIpc) is 2.94. The number of hydrogen-bond acceptors (Lipinski definition) is 3. The fourth-order valence-corrected chi connectivity index (χ4v) is 3.32. The van der Waals surface area contributed by atoms with E-state index in [1.54, 1.807) is 17.0 Å². The molecular formula is C21H24N2O3. The molecule has 0 fully saturated rings. The number of hydrogen-bond donors (Lipinski definition) is 1. The quantitative estimate of drug-likeness (QED) is 0.862. The molecule has 1 aliphatic rings. The zero-order valence-corrected chi connectivity index (χ0v) is 15.4. The molecule has 1 heterocycles. The van der Waals surface area contributed by atoms with Gasteiger partial charge in [0.1, 0.15) is 11.8 Å². The number of carbonyl (C=O) groups excluding carboxylic acids is 2. The molecule has 0 spiro atoms. The van der Waals surface area contributed by atoms with Gasteiger partial charge in [0.2, 0.25) is 5.91 Å². The Morgan fingerprint density at radius 2 is 1.85 bits per heavy atom. The van der Waals surface area contributed by atoms with Gasteiger partial charge in [-0.1, -0.05) is 32.0 Å². The highest BCUT2D eigenvalue weighted by atomic mass is 16.5. The topological polar surface area (TPSA) is 58.6 Å². The summed E-state index contributed by atoms with van der Waals surface area (Å²) in [4.78, 5) is 27.3. The molecule has 26 heavy (non-hydrogen) atoms. The summed E-state index contributed by atoms with van der Waals surface area (Å²) in [5.41, 5.74) is 2.34. The van der Waals surface area contributed by atoms with Crippen LogP contribution in [0.2, 0.25) is 0 Å². The first-order valence-electron chi connectivity index (χ1n) is 8.94. The fourth-order valence-electron chi connectivity index (χ4n) is 3.32. The van der Waals surface area contributed by atoms with Gasteiger partial charge in [0.25, 0.3) is 5.91 Å². The van der Waals surface area contributed by atoms with Crippen molar-refractivity contribution in [1.82, 2.24) is 4.90 Å². The molecule has 1 aliphatic heterocycles. The van der Waals surface area contributed by atoms with Crippen molar-refractivity contribution in [2.45, 2.75) is 33.4 Å². The number of fused-ring (bicyclic) bond motifs is 1. The van der Waals surface area contributed by atoms with Crippen molar-refractivity contribution in [3.05, 3.63) is 59.7 Å². The summed E-state index contributed by atoms with van der Waals surface area (Å²) >= 11 is 0. The molecule has 2 aromatic rings. The van der Waals surface area contributed by atoms with Crippen molar-refractivity contribution in [3.63, 3.8) is 0 Å². The summed E-state index contributed by atoms with van der Waals surface area (Å²) in [6.45, 7) is 6.90. The number of nitrogens with zero attached hydrogens (tertiary/aromatic N) is 1. The Bertz CT molecular complexity index is 799. The zero-order valence-electron chi connectivity index (χ0n) is 15.4. The Morgan fingerprint density at radius 1 is 1.15 bits per heavy atom. The summed E-state index contributed by atoms with van der Waals surface area (Å²) in [6, 6.07) is 14.3. The third kappa shape index (κ3) is 3.57. The molecule has 1 atom stereocenters. The molecular weight excluding hydrogens is 328 g/mol. The molecule has 0 bridgehead atoms. The molecule has 5 heteroatoms. The largest absolute Gasteiger partial charge is 0.494 e. The molecule has 3 rings (SSSR count). The third-order valence-electron chi connectivity index (χ3n) is 4.52. The van der Waals surface area contributed by atoms with Crippen LogP contribution in [0.4, 0.5) is 5.69 Å². The maximum Gasteiger partial charge on any atom is 0.255 e. The van der Waals surface area contributed by atoms with Crippen LogP contribution < -0.4 is 10.1 Å². The van der Waals surface area contributed by atoms with Crippen LogP contribution in [0, 0.1) is 5.92 Å². The van der Waals surface area contributed by atoms with E-state index < -0.39 is 6.04 Å². The number of benzene rings is 2. The second-order valence-electron chi connectivity index (χ2n) is 6.73. The van der Waals surface area contributed by atoms with Gasteiger partial charge >= 0.3 is 0 Å². The number of carbonyl (C=O) groups is 2. The van der Waals surface area contributed by atoms with Gasteiger partial charge in [-0.2, -0.15) is 0 Å². The van der Waals surface area contributed by atoms with Crippen molar-refractivity contribution in [2.24, 2.45) is 5.92 Å². The van der Waals surface area contributed by atoms with E-state index in [9.17, 15) is 9.59 Å². The van der Waals surface area contributed by atoms with E-state index in [2.05, 4.69) is 5.32 Å². The van der Waals surface area contributed by atoms with Crippen molar-refractivity contribution < 1.29 is 14.3 Å². The maximum absolute atomic E-state index is 12.9. The third-order valence-corrected chi connectivity index (χ3v) is 4.52. The van der Waals surface area contributed by atoms with Gasteiger partial charge in [0.05, 0.1) is 6.61 Å². The lowest BCUT2D eigenvalue weighted by Gasteiger charge is -2.30. The highest BCUT2D eigenvalue weighted by molar-refractivity contribution is 6.03. The van der Waals surface area contributed by atoms with Crippen molar-refractivity contribution in [1.29, 1.82) is 0 Å². The first-order valence-corrected chi connectivity index (χ1v) is 8.94. The number of amides is 2. The average molecular weight is 352 g/mol. The molecule has 1 unspecified atom stereocenters. The van der Waals surface area contributed by atoms with E-state index in [0.717, 1.165) is 11.3 Å². The van der Waals surface area contributed by atoms with Crippen molar-refractivity contribution in [3.8, 4) is 5.75 Å². The summed E-state index contributed by atoms with van der Waals surface area (Å²) < 4.78 is 5.42. The lowest BCUT2D eigenvalue weighted by atomic mass is 10.0. The van der Waals surface area contributed by atoms with Gasteiger partial charge in [-0.15, -0.1) is 0 Å². The van der Waals surface area contributed by atoms with Crippen LogP contribution in [0.25, 0.3) is 0 Å². The fraction of sp³-hybridized carbons (Fsp3) is 0.333. The molecule has 0 radical (unpaired) electrons. The second-order valence-corrected chi connectivity index (χ2v) is 6.73. The van der Waals surface area contributed by atoms with Crippen molar-refractivity contribution >= 4 is 17.5 Å². The monoisotopic (exact) mass is 352 g/mol. The van der Waals surface area contributed by atoms with Crippen LogP contribution in [-0.2, 0) is 11.3 Å². The zero-order chi connectivity index (χ0) is 18.7. The van der Waals surface area contributed by atoms with Gasteiger partial charge in [-0.3, -0.25) is 9.59 Å². The molecule has 1 N–H and O–H groups in total. The van der Waals surface area contributed by atoms with Gasteiger partial charge in [-0.25, -0.2) is 0 Å². The van der Waals surface area contributed by atoms with E-state index in [1.807, 2.05) is 57.2 Å². The molecule has 136 valence electrons. The van der Waals surface area contributed by atoms with Crippen LogP contribution in [0.3, 0.4) is 0 Å². The van der Waals surface area contributed by atoms with Crippen molar-refractivity contribution in [2.75, 3.05) is 11.9 Å². The van der Waals surface area contributed by atoms with Gasteiger partial charge in [-0.05, 0) is 48.7 Å². The van der Waals surface area contributed by atoms with E-state index >= 15 is 0 Å². The first-order chi connectivity index (χ1) is 12.5. The van der Waals surface area contributed by atoms with E-state index in [-0.39, 0.29) is 17.7 Å². The molecule has 2 amide bonds. The molecule has 0 aliphatic carbocycles. The lowest BCUT2D eigenvalue weighted by Crippen LogP contribution is -2.47. The van der Waals surface area contributed by atoms with Crippen LogP contribution >= 0.6 is 0 Å². The number of anilines is 1. The molecule has 0 saturated heterocycles. The van der Waals surface area contributed by atoms with Gasteiger partial charge < -0.3 is 15.0 Å². The maximum atomic E-state index is 12.9. The molecule has 0 saturated carbocycles. The molecule has 2 aromatic carbocycles. The summed E-state index contributed by atoms with van der Waals surface area (Å²) in [5, 5.41) is 2.93. The van der Waals surface area contributed by atoms with Gasteiger partial charge in [0, 0.05) is 17.8 Å². The number of nitrogens with one attached hydrogen (secondary N) is 1. The molecule has 5 nitrogen and oxygen atoms in total. The minimum absolute atomic E-state index is 0.00374. The lowest BCUT2D eigenvalue weighted by molar-refractivity contribution is -0.122. The predicted octanol–water partition coefficient (Wildman–Crippen LogP) is 3.70. The highest BCUT2D eigenvalue weighted by Crippen LogP contribution is 2.27. The normalized spacial score (nSPS) is 14.3. The Kier molecular flexibility index (Phi) is 5.26. The van der Waals surface area contributed by atoms with Crippen LogP contribution in [0.15, 0.2) is 48.5 Å². The number of ether oxygens (including phenoxy) is 1. The summed E-state index contributed by atoms with van der Waals surface area (Å²) in [5.74, 6) is 0.499. The van der Waals surface area contributed by atoms with Gasteiger partial charge in [0.15, 0.2) is 0 Å². The Hall–Kier alpha value is -2.82. The minimum Gasteiger partial charge on any atom is -0.494 e. The Morgan fingerprint density at radius 3 is 2.46 bits per heavy atom.